The Hall–Kier alpha value is -1.74. The molecule has 2 heterocycles. The molecule has 1 aliphatic carbocycles. The number of nitrogens with one attached hydrogen (secondary N) is 1. The van der Waals surface area contributed by atoms with Gasteiger partial charge in [0.05, 0.1) is 23.0 Å². The minimum Gasteiger partial charge on any atom is -0.379 e. The number of nitrogens with zero attached hydrogens (tertiary/aromatic N) is 1. The molecule has 0 spiro atoms. The number of thiophene rings is 1. The number of benzene rings is 1. The van der Waals surface area contributed by atoms with Gasteiger partial charge in [0.2, 0.25) is 10.0 Å². The Bertz CT molecular complexity index is 892. The van der Waals surface area contributed by atoms with Gasteiger partial charge in [-0.25, -0.2) is 8.42 Å². The summed E-state index contributed by atoms with van der Waals surface area (Å²) in [5.41, 5.74) is 1.87. The first kappa shape index (κ1) is 17.7. The van der Waals surface area contributed by atoms with Crippen LogP contribution in [-0.4, -0.2) is 44.9 Å². The Morgan fingerprint density at radius 3 is 2.54 bits per heavy atom. The number of amides is 1. The summed E-state index contributed by atoms with van der Waals surface area (Å²) in [6.07, 6.45) is 3.27. The molecule has 1 aliphatic heterocycles. The van der Waals surface area contributed by atoms with Crippen LogP contribution in [0.2, 0.25) is 0 Å². The average molecular weight is 393 g/mol. The molecule has 0 radical (unpaired) electrons. The van der Waals surface area contributed by atoms with Crippen LogP contribution in [0.15, 0.2) is 35.2 Å². The van der Waals surface area contributed by atoms with Gasteiger partial charge in [-0.05, 0) is 55.2 Å². The number of fused-ring (bicyclic) bond motifs is 1. The monoisotopic (exact) mass is 392 g/mol. The van der Waals surface area contributed by atoms with Crippen molar-refractivity contribution < 1.29 is 17.9 Å². The van der Waals surface area contributed by atoms with Gasteiger partial charge in [-0.1, -0.05) is 0 Å². The molecule has 26 heavy (non-hydrogen) atoms. The summed E-state index contributed by atoms with van der Waals surface area (Å²) < 4.78 is 31.8. The summed E-state index contributed by atoms with van der Waals surface area (Å²) in [6, 6.07) is 8.31. The first-order valence-corrected chi connectivity index (χ1v) is 10.9. The Morgan fingerprint density at radius 2 is 1.85 bits per heavy atom. The molecule has 8 heteroatoms. The van der Waals surface area contributed by atoms with Gasteiger partial charge in [-0.3, -0.25) is 4.79 Å². The van der Waals surface area contributed by atoms with Crippen LogP contribution in [0.3, 0.4) is 0 Å². The van der Waals surface area contributed by atoms with E-state index in [2.05, 4.69) is 5.32 Å². The van der Waals surface area contributed by atoms with Crippen molar-refractivity contribution in [1.29, 1.82) is 0 Å². The Kier molecular flexibility index (Phi) is 4.83. The van der Waals surface area contributed by atoms with Gasteiger partial charge >= 0.3 is 0 Å². The van der Waals surface area contributed by atoms with Crippen LogP contribution in [0, 0.1) is 0 Å². The van der Waals surface area contributed by atoms with Crippen molar-refractivity contribution in [3.8, 4) is 0 Å². The van der Waals surface area contributed by atoms with Gasteiger partial charge in [-0.15, -0.1) is 11.3 Å². The molecule has 1 fully saturated rings. The summed E-state index contributed by atoms with van der Waals surface area (Å²) in [6.45, 7) is 1.56. The molecule has 1 aromatic heterocycles. The highest BCUT2D eigenvalue weighted by atomic mass is 32.2. The van der Waals surface area contributed by atoms with Gasteiger partial charge in [0.1, 0.15) is 0 Å². The SMILES string of the molecule is O=C(Nc1ccc(S(=O)(=O)N2CCOCC2)cc1)c1cc2c(s1)CCC2. The number of hydrogen-bond donors (Lipinski definition) is 1. The van der Waals surface area contributed by atoms with E-state index in [0.717, 1.165) is 12.8 Å². The standard InChI is InChI=1S/C18H20N2O4S2/c21-18(17-12-13-2-1-3-16(13)25-17)19-14-4-6-15(7-5-14)26(22,23)20-8-10-24-11-9-20/h4-7,12H,1-3,8-11H2,(H,19,21). The van der Waals surface area contributed by atoms with Crippen molar-refractivity contribution in [1.82, 2.24) is 4.31 Å². The van der Waals surface area contributed by atoms with Crippen molar-refractivity contribution >= 4 is 33.0 Å². The van der Waals surface area contributed by atoms with E-state index in [1.54, 1.807) is 23.5 Å². The smallest absolute Gasteiger partial charge is 0.265 e. The average Bonchev–Trinajstić information content (AvgIpc) is 3.25. The van der Waals surface area contributed by atoms with E-state index in [-0.39, 0.29) is 10.8 Å². The van der Waals surface area contributed by atoms with Crippen LogP contribution < -0.4 is 5.32 Å². The number of ether oxygens (including phenoxy) is 1. The summed E-state index contributed by atoms with van der Waals surface area (Å²) in [7, 11) is -3.51. The summed E-state index contributed by atoms with van der Waals surface area (Å²) in [5.74, 6) is -0.145. The molecule has 1 saturated heterocycles. The van der Waals surface area contributed by atoms with E-state index in [4.69, 9.17) is 4.74 Å². The fourth-order valence-electron chi connectivity index (χ4n) is 3.28. The minimum atomic E-state index is -3.51. The fourth-order valence-corrected chi connectivity index (χ4v) is 5.84. The number of sulfonamides is 1. The topological polar surface area (TPSA) is 75.7 Å². The highest BCUT2D eigenvalue weighted by Crippen LogP contribution is 2.31. The number of carbonyl (C=O) groups excluding carboxylic acids is 1. The van der Waals surface area contributed by atoms with E-state index in [0.29, 0.717) is 36.9 Å². The van der Waals surface area contributed by atoms with Gasteiger partial charge in [0.25, 0.3) is 5.91 Å². The third-order valence-corrected chi connectivity index (χ3v) is 7.84. The first-order chi connectivity index (χ1) is 12.5. The van der Waals surface area contributed by atoms with Crippen molar-refractivity contribution in [3.63, 3.8) is 0 Å². The molecule has 0 unspecified atom stereocenters. The third-order valence-electron chi connectivity index (χ3n) is 4.69. The molecule has 1 amide bonds. The maximum absolute atomic E-state index is 12.6. The van der Waals surface area contributed by atoms with Gasteiger partial charge in [0, 0.05) is 23.7 Å². The van der Waals surface area contributed by atoms with Crippen LogP contribution in [0.4, 0.5) is 5.69 Å². The van der Waals surface area contributed by atoms with Crippen LogP contribution in [-0.2, 0) is 27.6 Å². The second-order valence-electron chi connectivity index (χ2n) is 6.41. The number of hydrogen-bond acceptors (Lipinski definition) is 5. The third kappa shape index (κ3) is 3.42. The van der Waals surface area contributed by atoms with Gasteiger partial charge < -0.3 is 10.1 Å². The van der Waals surface area contributed by atoms with E-state index in [1.165, 1.54) is 33.3 Å². The van der Waals surface area contributed by atoms with Crippen LogP contribution in [0.1, 0.15) is 26.5 Å². The fraction of sp³-hybridized carbons (Fsp3) is 0.389. The molecule has 4 rings (SSSR count). The molecular weight excluding hydrogens is 372 g/mol. The highest BCUT2D eigenvalue weighted by Gasteiger charge is 2.26. The van der Waals surface area contributed by atoms with E-state index >= 15 is 0 Å². The van der Waals surface area contributed by atoms with E-state index in [9.17, 15) is 13.2 Å². The number of rotatable bonds is 4. The largest absolute Gasteiger partial charge is 0.379 e. The number of anilines is 1. The Labute approximate surface area is 156 Å². The van der Waals surface area contributed by atoms with Crippen molar-refractivity contribution in [2.24, 2.45) is 0 Å². The lowest BCUT2D eigenvalue weighted by Crippen LogP contribution is -2.40. The molecule has 1 aromatic carbocycles. The van der Waals surface area contributed by atoms with E-state index in [1.807, 2.05) is 6.07 Å². The quantitative estimate of drug-likeness (QED) is 0.867. The van der Waals surface area contributed by atoms with Gasteiger partial charge in [0.15, 0.2) is 0 Å². The molecule has 2 aliphatic rings. The minimum absolute atomic E-state index is 0.145. The van der Waals surface area contributed by atoms with Crippen LogP contribution in [0.5, 0.6) is 0 Å². The highest BCUT2D eigenvalue weighted by molar-refractivity contribution is 7.89. The first-order valence-electron chi connectivity index (χ1n) is 8.65. The zero-order valence-electron chi connectivity index (χ0n) is 14.2. The maximum atomic E-state index is 12.6. The Balaban J connectivity index is 1.46. The lowest BCUT2D eigenvalue weighted by Gasteiger charge is -2.26. The summed E-state index contributed by atoms with van der Waals surface area (Å²) in [4.78, 5) is 14.7. The number of carbonyl (C=O) groups is 1. The number of aryl methyl sites for hydroxylation is 2. The normalized spacial score (nSPS) is 17.8. The molecule has 1 N–H and O–H groups in total. The molecular formula is C18H20N2O4S2. The van der Waals surface area contributed by atoms with Crippen LogP contribution in [0.25, 0.3) is 0 Å². The lowest BCUT2D eigenvalue weighted by molar-refractivity contribution is 0.0730. The summed E-state index contributed by atoms with van der Waals surface area (Å²) >= 11 is 1.55. The van der Waals surface area contributed by atoms with Crippen molar-refractivity contribution in [2.45, 2.75) is 24.2 Å². The second-order valence-corrected chi connectivity index (χ2v) is 9.48. The van der Waals surface area contributed by atoms with Crippen LogP contribution >= 0.6 is 11.3 Å². The van der Waals surface area contributed by atoms with E-state index < -0.39 is 10.0 Å². The Morgan fingerprint density at radius 1 is 1.12 bits per heavy atom. The van der Waals surface area contributed by atoms with Crippen molar-refractivity contribution in [2.75, 3.05) is 31.6 Å². The molecule has 0 atom stereocenters. The molecule has 6 nitrogen and oxygen atoms in total. The van der Waals surface area contributed by atoms with Gasteiger partial charge in [-0.2, -0.15) is 4.31 Å². The molecule has 0 saturated carbocycles. The second kappa shape index (κ2) is 7.11. The molecule has 138 valence electrons. The zero-order chi connectivity index (χ0) is 18.1. The van der Waals surface area contributed by atoms with Crippen molar-refractivity contribution in [3.05, 3.63) is 45.6 Å². The zero-order valence-corrected chi connectivity index (χ0v) is 15.9. The molecule has 2 aromatic rings. The predicted octanol–water partition coefficient (Wildman–Crippen LogP) is 2.51. The lowest BCUT2D eigenvalue weighted by atomic mass is 10.2. The number of morpholine rings is 1. The summed E-state index contributed by atoms with van der Waals surface area (Å²) in [5, 5.41) is 2.85. The predicted molar refractivity (Wildman–Crippen MR) is 100 cm³/mol. The molecule has 0 bridgehead atoms. The maximum Gasteiger partial charge on any atom is 0.265 e.